The Bertz CT molecular complexity index is 1170. The van der Waals surface area contributed by atoms with E-state index in [1.807, 2.05) is 13.8 Å². The van der Waals surface area contributed by atoms with Gasteiger partial charge in [-0.25, -0.2) is 8.42 Å². The second kappa shape index (κ2) is 11.2. The molecule has 1 aliphatic rings. The summed E-state index contributed by atoms with van der Waals surface area (Å²) in [5.41, 5.74) is 1.01. The second-order valence-electron chi connectivity index (χ2n) is 8.58. The highest BCUT2D eigenvalue weighted by Gasteiger charge is 2.31. The zero-order chi connectivity index (χ0) is 25.8. The van der Waals surface area contributed by atoms with E-state index in [1.165, 1.54) is 11.0 Å². The van der Waals surface area contributed by atoms with Crippen molar-refractivity contribution in [3.63, 3.8) is 0 Å². The number of sulfonamides is 1. The predicted octanol–water partition coefficient (Wildman–Crippen LogP) is 2.82. The average molecular weight is 524 g/mol. The molecule has 0 bridgehead atoms. The minimum Gasteiger partial charge on any atom is -0.486 e. The molecule has 0 radical (unpaired) electrons. The first-order valence-corrected chi connectivity index (χ1v) is 13.4. The highest BCUT2D eigenvalue weighted by Crippen LogP contribution is 2.34. The first kappa shape index (κ1) is 26.6. The van der Waals surface area contributed by atoms with Crippen LogP contribution < -0.4 is 19.1 Å². The summed E-state index contributed by atoms with van der Waals surface area (Å²) in [4.78, 5) is 27.6. The minimum absolute atomic E-state index is 0.0986. The van der Waals surface area contributed by atoms with E-state index in [1.54, 1.807) is 43.3 Å². The van der Waals surface area contributed by atoms with Gasteiger partial charge in [0.25, 0.3) is 0 Å². The molecule has 190 valence electrons. The maximum atomic E-state index is 13.5. The Morgan fingerprint density at radius 1 is 1.03 bits per heavy atom. The molecular weight excluding hydrogens is 494 g/mol. The second-order valence-corrected chi connectivity index (χ2v) is 10.9. The van der Waals surface area contributed by atoms with Crippen LogP contribution in [0.5, 0.6) is 11.5 Å². The molecule has 3 rings (SSSR count). The Morgan fingerprint density at radius 2 is 1.66 bits per heavy atom. The van der Waals surface area contributed by atoms with Crippen LogP contribution in [0, 0.1) is 0 Å². The molecule has 0 saturated carbocycles. The van der Waals surface area contributed by atoms with Gasteiger partial charge >= 0.3 is 0 Å². The molecule has 11 heteroatoms. The van der Waals surface area contributed by atoms with Gasteiger partial charge in [0.15, 0.2) is 11.5 Å². The van der Waals surface area contributed by atoms with Crippen LogP contribution in [0.15, 0.2) is 42.5 Å². The van der Waals surface area contributed by atoms with Crippen molar-refractivity contribution in [1.82, 2.24) is 10.2 Å². The number of carbonyl (C=O) groups is 2. The van der Waals surface area contributed by atoms with Crippen LogP contribution in [0.25, 0.3) is 0 Å². The highest BCUT2D eigenvalue weighted by atomic mass is 35.5. The third kappa shape index (κ3) is 7.02. The molecule has 1 heterocycles. The number of hydrogen-bond acceptors (Lipinski definition) is 6. The van der Waals surface area contributed by atoms with Crippen molar-refractivity contribution in [1.29, 1.82) is 0 Å². The lowest BCUT2D eigenvalue weighted by atomic mass is 10.1. The Kier molecular flexibility index (Phi) is 8.50. The zero-order valence-electron chi connectivity index (χ0n) is 20.2. The Balaban J connectivity index is 1.91. The summed E-state index contributed by atoms with van der Waals surface area (Å²) in [7, 11) is -3.85. The van der Waals surface area contributed by atoms with E-state index in [0.29, 0.717) is 29.7 Å². The molecule has 35 heavy (non-hydrogen) atoms. The molecule has 0 spiro atoms. The quantitative estimate of drug-likeness (QED) is 0.542. The standard InChI is InChI=1S/C24H30ClN3O6S/c1-16(2)26-24(30)17(3)27(14-18-5-7-19(25)8-6-18)23(29)15-28(35(4,31)32)20-9-10-21-22(13-20)34-12-11-33-21/h5-10,13,16-17H,11-12,14-15H2,1-4H3,(H,26,30). The van der Waals surface area contributed by atoms with Gasteiger partial charge in [-0.2, -0.15) is 0 Å². The van der Waals surface area contributed by atoms with E-state index in [-0.39, 0.29) is 24.2 Å². The van der Waals surface area contributed by atoms with Crippen molar-refractivity contribution in [2.75, 3.05) is 30.3 Å². The fourth-order valence-electron chi connectivity index (χ4n) is 3.58. The molecule has 0 aliphatic carbocycles. The van der Waals surface area contributed by atoms with Crippen molar-refractivity contribution in [2.24, 2.45) is 0 Å². The lowest BCUT2D eigenvalue weighted by molar-refractivity contribution is -0.139. The summed E-state index contributed by atoms with van der Waals surface area (Å²) in [6, 6.07) is 10.6. The maximum absolute atomic E-state index is 13.5. The van der Waals surface area contributed by atoms with E-state index in [2.05, 4.69) is 5.32 Å². The summed E-state index contributed by atoms with van der Waals surface area (Å²) >= 11 is 5.98. The Labute approximate surface area is 211 Å². The number of nitrogens with one attached hydrogen (secondary N) is 1. The summed E-state index contributed by atoms with van der Waals surface area (Å²) in [5.74, 6) is 0.0277. The van der Waals surface area contributed by atoms with Gasteiger partial charge in [0, 0.05) is 23.7 Å². The van der Waals surface area contributed by atoms with Crippen molar-refractivity contribution in [3.8, 4) is 11.5 Å². The van der Waals surface area contributed by atoms with Crippen LogP contribution in [0.1, 0.15) is 26.3 Å². The Morgan fingerprint density at radius 3 is 2.26 bits per heavy atom. The number of nitrogens with zero attached hydrogens (tertiary/aromatic N) is 2. The zero-order valence-corrected chi connectivity index (χ0v) is 21.7. The number of hydrogen-bond donors (Lipinski definition) is 1. The number of rotatable bonds is 9. The molecule has 0 fully saturated rings. The van der Waals surface area contributed by atoms with Gasteiger partial charge < -0.3 is 19.7 Å². The van der Waals surface area contributed by atoms with Crippen LogP contribution in [-0.4, -0.2) is 63.2 Å². The third-order valence-electron chi connectivity index (χ3n) is 5.36. The smallest absolute Gasteiger partial charge is 0.244 e. The molecule has 1 unspecified atom stereocenters. The van der Waals surface area contributed by atoms with E-state index in [4.69, 9.17) is 21.1 Å². The molecule has 9 nitrogen and oxygen atoms in total. The lowest BCUT2D eigenvalue weighted by Crippen LogP contribution is -2.52. The number of ether oxygens (including phenoxy) is 2. The van der Waals surface area contributed by atoms with Gasteiger partial charge in [-0.3, -0.25) is 13.9 Å². The van der Waals surface area contributed by atoms with Crippen molar-refractivity contribution < 1.29 is 27.5 Å². The molecule has 1 N–H and O–H groups in total. The maximum Gasteiger partial charge on any atom is 0.244 e. The normalized spacial score (nSPS) is 13.8. The first-order chi connectivity index (χ1) is 16.5. The molecule has 0 aromatic heterocycles. The average Bonchev–Trinajstić information content (AvgIpc) is 2.80. The number of amides is 2. The molecular formula is C24H30ClN3O6S. The number of halogens is 1. The van der Waals surface area contributed by atoms with E-state index < -0.39 is 28.5 Å². The lowest BCUT2D eigenvalue weighted by Gasteiger charge is -2.32. The van der Waals surface area contributed by atoms with Crippen LogP contribution in [0.4, 0.5) is 5.69 Å². The largest absolute Gasteiger partial charge is 0.486 e. The molecule has 2 amide bonds. The fourth-order valence-corrected chi connectivity index (χ4v) is 4.54. The summed E-state index contributed by atoms with van der Waals surface area (Å²) < 4.78 is 37.5. The van der Waals surface area contributed by atoms with Crippen molar-refractivity contribution >= 4 is 39.1 Å². The topological polar surface area (TPSA) is 105 Å². The van der Waals surface area contributed by atoms with Crippen LogP contribution in [-0.2, 0) is 26.2 Å². The summed E-state index contributed by atoms with van der Waals surface area (Å²) in [6.07, 6.45) is 1.02. The predicted molar refractivity (Wildman–Crippen MR) is 134 cm³/mol. The van der Waals surface area contributed by atoms with Gasteiger partial charge in [0.1, 0.15) is 25.8 Å². The van der Waals surface area contributed by atoms with Crippen LogP contribution in [0.2, 0.25) is 5.02 Å². The van der Waals surface area contributed by atoms with Gasteiger partial charge in [0.2, 0.25) is 21.8 Å². The van der Waals surface area contributed by atoms with Gasteiger partial charge in [-0.1, -0.05) is 23.7 Å². The highest BCUT2D eigenvalue weighted by molar-refractivity contribution is 7.92. The van der Waals surface area contributed by atoms with Crippen LogP contribution >= 0.6 is 11.6 Å². The monoisotopic (exact) mass is 523 g/mol. The Hall–Kier alpha value is -2.98. The van der Waals surface area contributed by atoms with Crippen molar-refractivity contribution in [2.45, 2.75) is 39.4 Å². The number of benzene rings is 2. The molecule has 2 aromatic carbocycles. The van der Waals surface area contributed by atoms with Gasteiger partial charge in [0.05, 0.1) is 11.9 Å². The number of carbonyl (C=O) groups excluding carboxylic acids is 2. The number of fused-ring (bicyclic) bond motifs is 1. The molecule has 0 saturated heterocycles. The fraction of sp³-hybridized carbons (Fsp3) is 0.417. The SMILES string of the molecule is CC(C)NC(=O)C(C)N(Cc1ccc(Cl)cc1)C(=O)CN(c1ccc2c(c1)OCCO2)S(C)(=O)=O. The van der Waals surface area contributed by atoms with Crippen LogP contribution in [0.3, 0.4) is 0 Å². The number of anilines is 1. The molecule has 1 atom stereocenters. The molecule has 1 aliphatic heterocycles. The van der Waals surface area contributed by atoms with E-state index in [9.17, 15) is 18.0 Å². The third-order valence-corrected chi connectivity index (χ3v) is 6.75. The van der Waals surface area contributed by atoms with E-state index in [0.717, 1.165) is 16.1 Å². The summed E-state index contributed by atoms with van der Waals surface area (Å²) in [6.45, 7) is 5.60. The van der Waals surface area contributed by atoms with Crippen molar-refractivity contribution in [3.05, 3.63) is 53.1 Å². The minimum atomic E-state index is -3.85. The first-order valence-electron chi connectivity index (χ1n) is 11.2. The van der Waals surface area contributed by atoms with Gasteiger partial charge in [-0.15, -0.1) is 0 Å². The van der Waals surface area contributed by atoms with Gasteiger partial charge in [-0.05, 0) is 50.6 Å². The van der Waals surface area contributed by atoms with E-state index >= 15 is 0 Å². The summed E-state index contributed by atoms with van der Waals surface area (Å²) in [5, 5.41) is 3.35. The molecule has 2 aromatic rings.